The van der Waals surface area contributed by atoms with E-state index in [4.69, 9.17) is 0 Å². The Morgan fingerprint density at radius 2 is 2.40 bits per heavy atom. The van der Waals surface area contributed by atoms with Crippen LogP contribution in [0.15, 0.2) is 0 Å². The van der Waals surface area contributed by atoms with Crippen molar-refractivity contribution in [2.45, 2.75) is 39.0 Å². The molecule has 0 aliphatic heterocycles. The third kappa shape index (κ3) is 0.500. The molecule has 3 fully saturated rings. The molecular formula is C10H16. The van der Waals surface area contributed by atoms with Crippen LogP contribution in [0.25, 0.3) is 0 Å². The van der Waals surface area contributed by atoms with Crippen molar-refractivity contribution in [3.63, 3.8) is 0 Å². The van der Waals surface area contributed by atoms with E-state index in [9.17, 15) is 0 Å². The SMILES string of the molecule is CC[C@@]12CCC3CC3[C@H]1C2. The second kappa shape index (κ2) is 1.44. The lowest BCUT2D eigenvalue weighted by molar-refractivity contribution is 0.315. The zero-order valence-electron chi connectivity index (χ0n) is 6.77. The number of rotatable bonds is 1. The van der Waals surface area contributed by atoms with Crippen LogP contribution in [0, 0.1) is 23.2 Å². The molecule has 56 valence electrons. The molecule has 0 radical (unpaired) electrons. The van der Waals surface area contributed by atoms with Crippen molar-refractivity contribution in [2.24, 2.45) is 23.2 Å². The topological polar surface area (TPSA) is 0 Å². The highest BCUT2D eigenvalue weighted by molar-refractivity contribution is 5.14. The molecule has 0 nitrogen and oxygen atoms in total. The number of fused-ring (bicyclic) bond motifs is 3. The van der Waals surface area contributed by atoms with Crippen LogP contribution in [0.2, 0.25) is 0 Å². The largest absolute Gasteiger partial charge is 0.0648 e. The lowest BCUT2D eigenvalue weighted by atomic mass is 9.87. The van der Waals surface area contributed by atoms with Crippen molar-refractivity contribution in [1.29, 1.82) is 0 Å². The van der Waals surface area contributed by atoms with Gasteiger partial charge in [0, 0.05) is 0 Å². The van der Waals surface area contributed by atoms with E-state index in [0.717, 1.165) is 5.41 Å². The summed E-state index contributed by atoms with van der Waals surface area (Å²) in [7, 11) is 0. The number of hydrogen-bond acceptors (Lipinski definition) is 0. The summed E-state index contributed by atoms with van der Waals surface area (Å²) in [5.41, 5.74) is 0.900. The van der Waals surface area contributed by atoms with Crippen molar-refractivity contribution in [3.05, 3.63) is 0 Å². The zero-order chi connectivity index (χ0) is 6.77. The maximum Gasteiger partial charge on any atom is -0.0266 e. The molecule has 0 bridgehead atoms. The fourth-order valence-corrected chi connectivity index (χ4v) is 3.42. The molecule has 0 aromatic rings. The van der Waals surface area contributed by atoms with Gasteiger partial charge >= 0.3 is 0 Å². The standard InChI is InChI=1S/C10H16/c1-2-10-4-3-7-5-8(7)9(10)6-10/h7-9H,2-6H2,1H3/t7?,8?,9-,10+/m1/s1. The van der Waals surface area contributed by atoms with Gasteiger partial charge in [-0.2, -0.15) is 0 Å². The van der Waals surface area contributed by atoms with Crippen LogP contribution in [-0.2, 0) is 0 Å². The summed E-state index contributed by atoms with van der Waals surface area (Å²) in [4.78, 5) is 0. The van der Waals surface area contributed by atoms with E-state index >= 15 is 0 Å². The minimum atomic E-state index is 0.900. The summed E-state index contributed by atoms with van der Waals surface area (Å²) in [5.74, 6) is 3.62. The van der Waals surface area contributed by atoms with Crippen LogP contribution < -0.4 is 0 Å². The molecule has 4 atom stereocenters. The van der Waals surface area contributed by atoms with Gasteiger partial charge in [0.2, 0.25) is 0 Å². The Bertz CT molecular complexity index is 173. The quantitative estimate of drug-likeness (QED) is 0.520. The molecule has 3 aliphatic carbocycles. The van der Waals surface area contributed by atoms with Crippen molar-refractivity contribution >= 4 is 0 Å². The summed E-state index contributed by atoms with van der Waals surface area (Å²) < 4.78 is 0. The molecule has 0 aromatic carbocycles. The Kier molecular flexibility index (Phi) is 0.810. The van der Waals surface area contributed by atoms with Gasteiger partial charge in [0.1, 0.15) is 0 Å². The Balaban J connectivity index is 1.84. The summed E-state index contributed by atoms with van der Waals surface area (Å²) in [6, 6.07) is 0. The van der Waals surface area contributed by atoms with Gasteiger partial charge in [0.25, 0.3) is 0 Å². The molecule has 0 saturated heterocycles. The first-order valence-electron chi connectivity index (χ1n) is 4.86. The van der Waals surface area contributed by atoms with E-state index in [-0.39, 0.29) is 0 Å². The lowest BCUT2D eigenvalue weighted by Gasteiger charge is -2.18. The molecule has 0 heterocycles. The smallest absolute Gasteiger partial charge is 0.0266 e. The van der Waals surface area contributed by atoms with E-state index < -0.39 is 0 Å². The third-order valence-electron chi connectivity index (χ3n) is 4.46. The second-order valence-electron chi connectivity index (χ2n) is 4.72. The van der Waals surface area contributed by atoms with Crippen molar-refractivity contribution in [2.75, 3.05) is 0 Å². The molecular weight excluding hydrogens is 120 g/mol. The van der Waals surface area contributed by atoms with Crippen LogP contribution >= 0.6 is 0 Å². The first-order chi connectivity index (χ1) is 4.86. The summed E-state index contributed by atoms with van der Waals surface area (Å²) >= 11 is 0. The zero-order valence-corrected chi connectivity index (χ0v) is 6.77. The molecule has 0 amide bonds. The van der Waals surface area contributed by atoms with E-state index in [2.05, 4.69) is 6.92 Å². The minimum absolute atomic E-state index is 0.900. The molecule has 3 rings (SSSR count). The second-order valence-corrected chi connectivity index (χ2v) is 4.72. The molecule has 10 heavy (non-hydrogen) atoms. The molecule has 3 saturated carbocycles. The minimum Gasteiger partial charge on any atom is -0.0648 e. The van der Waals surface area contributed by atoms with Gasteiger partial charge in [0.05, 0.1) is 0 Å². The Labute approximate surface area is 63.0 Å². The van der Waals surface area contributed by atoms with Crippen LogP contribution in [-0.4, -0.2) is 0 Å². The van der Waals surface area contributed by atoms with Gasteiger partial charge in [-0.25, -0.2) is 0 Å². The fraction of sp³-hybridized carbons (Fsp3) is 1.00. The van der Waals surface area contributed by atoms with Gasteiger partial charge < -0.3 is 0 Å². The van der Waals surface area contributed by atoms with Gasteiger partial charge in [-0.15, -0.1) is 0 Å². The van der Waals surface area contributed by atoms with Crippen molar-refractivity contribution in [1.82, 2.24) is 0 Å². The summed E-state index contributed by atoms with van der Waals surface area (Å²) in [6.07, 6.45) is 7.84. The van der Waals surface area contributed by atoms with Gasteiger partial charge in [-0.05, 0) is 48.9 Å². The third-order valence-corrected chi connectivity index (χ3v) is 4.46. The Hall–Kier alpha value is 0. The average Bonchev–Trinajstić information content (AvgIpc) is 2.82. The van der Waals surface area contributed by atoms with Crippen LogP contribution in [0.5, 0.6) is 0 Å². The highest BCUT2D eigenvalue weighted by Crippen LogP contribution is 2.73. The number of hydrogen-bond donors (Lipinski definition) is 0. The van der Waals surface area contributed by atoms with Gasteiger partial charge in [-0.1, -0.05) is 13.3 Å². The Morgan fingerprint density at radius 3 is 3.20 bits per heavy atom. The van der Waals surface area contributed by atoms with Crippen molar-refractivity contribution < 1.29 is 0 Å². The summed E-state index contributed by atoms with van der Waals surface area (Å²) in [5, 5.41) is 0. The lowest BCUT2D eigenvalue weighted by Crippen LogP contribution is -2.09. The first-order valence-corrected chi connectivity index (χ1v) is 4.86. The normalized spacial score (nSPS) is 62.7. The molecule has 0 heteroatoms. The Morgan fingerprint density at radius 1 is 1.50 bits per heavy atom. The predicted molar refractivity (Wildman–Crippen MR) is 41.7 cm³/mol. The van der Waals surface area contributed by atoms with Crippen LogP contribution in [0.4, 0.5) is 0 Å². The van der Waals surface area contributed by atoms with Gasteiger partial charge in [-0.3, -0.25) is 0 Å². The van der Waals surface area contributed by atoms with Crippen LogP contribution in [0.3, 0.4) is 0 Å². The maximum atomic E-state index is 2.39. The monoisotopic (exact) mass is 136 g/mol. The predicted octanol–water partition coefficient (Wildman–Crippen LogP) is 2.83. The average molecular weight is 136 g/mol. The highest BCUT2D eigenvalue weighted by atomic mass is 14.7. The first kappa shape index (κ1) is 5.62. The maximum absolute atomic E-state index is 2.39. The highest BCUT2D eigenvalue weighted by Gasteiger charge is 2.64. The summed E-state index contributed by atoms with van der Waals surface area (Å²) in [6.45, 7) is 2.39. The molecule has 0 aromatic heterocycles. The molecule has 3 aliphatic rings. The molecule has 0 N–H and O–H groups in total. The van der Waals surface area contributed by atoms with E-state index in [0.29, 0.717) is 0 Å². The van der Waals surface area contributed by atoms with Crippen molar-refractivity contribution in [3.8, 4) is 0 Å². The molecule has 0 spiro atoms. The molecule has 2 unspecified atom stereocenters. The van der Waals surface area contributed by atoms with E-state index in [1.807, 2.05) is 0 Å². The van der Waals surface area contributed by atoms with Crippen LogP contribution in [0.1, 0.15) is 39.0 Å². The van der Waals surface area contributed by atoms with E-state index in [1.165, 1.54) is 24.2 Å². The fourth-order valence-electron chi connectivity index (χ4n) is 3.42. The van der Waals surface area contributed by atoms with Gasteiger partial charge in [0.15, 0.2) is 0 Å². The van der Waals surface area contributed by atoms with E-state index in [1.54, 1.807) is 25.7 Å².